The fourth-order valence-corrected chi connectivity index (χ4v) is 0. The van der Waals surface area contributed by atoms with Crippen molar-refractivity contribution in [1.29, 1.82) is 0 Å². The van der Waals surface area contributed by atoms with Gasteiger partial charge in [0.1, 0.15) is 0 Å². The molecule has 0 aromatic rings. The topological polar surface area (TPSA) is 161 Å². The summed E-state index contributed by atoms with van der Waals surface area (Å²) in [4.78, 5) is 36.6. The second-order valence-corrected chi connectivity index (χ2v) is 2.09. The minimum Gasteiger partial charge on any atom is -0.545 e. The first-order chi connectivity index (χ1) is 9.08. The zero-order chi connectivity index (χ0) is 17.1. The molecule has 0 atom stereocenters. The van der Waals surface area contributed by atoms with Gasteiger partial charge in [-0.05, 0) is 24.3 Å². The van der Waals surface area contributed by atoms with E-state index in [9.17, 15) is 0 Å². The van der Waals surface area contributed by atoms with Gasteiger partial charge in [0.15, 0.2) is 0 Å². The fourth-order valence-electron chi connectivity index (χ4n) is 0. The Morgan fingerprint density at radius 1 is 0.524 bits per heavy atom. The van der Waals surface area contributed by atoms with Crippen LogP contribution in [-0.2, 0) is 45.4 Å². The van der Waals surface area contributed by atoms with Crippen molar-refractivity contribution in [2.75, 3.05) is 0 Å². The van der Waals surface area contributed by atoms with E-state index in [0.29, 0.717) is 0 Å². The summed E-state index contributed by atoms with van der Waals surface area (Å²) in [6.45, 7) is 11.6. The predicted octanol–water partition coefficient (Wildman–Crippen LogP) is -4.31. The van der Waals surface area contributed by atoms with Crippen LogP contribution in [0.15, 0.2) is 50.6 Å². The molecule has 0 aliphatic heterocycles. The summed E-state index contributed by atoms with van der Waals surface area (Å²) in [6.07, 6.45) is 2.89. The third kappa shape index (κ3) is 134. The van der Waals surface area contributed by atoms with Gasteiger partial charge in [0, 0.05) is 0 Å². The molecule has 21 heavy (non-hydrogen) atoms. The summed E-state index contributed by atoms with van der Waals surface area (Å²) in [5, 5.41) is 36.6. The molecule has 0 unspecified atom stereocenters. The maximum Gasteiger partial charge on any atom is 4.00 e. The zero-order valence-corrected chi connectivity index (χ0v) is 13.4. The van der Waals surface area contributed by atoms with Crippen molar-refractivity contribution in [3.63, 3.8) is 0 Å². The number of rotatable bonds is 4. The number of hydrogen-bond acceptors (Lipinski definition) is 8. The largest absolute Gasteiger partial charge is 4.00 e. The Bertz CT molecular complexity index is 301. The van der Waals surface area contributed by atoms with Crippen LogP contribution in [0.1, 0.15) is 0 Å². The number of carboxylic acid groups (broad SMARTS) is 4. The molecule has 0 rings (SSSR count). The second kappa shape index (κ2) is 26.3. The molecule has 0 amide bonds. The summed E-state index contributed by atoms with van der Waals surface area (Å²) in [6, 6.07) is 0. The van der Waals surface area contributed by atoms with Crippen molar-refractivity contribution in [1.82, 2.24) is 0 Å². The average molecular weight is 375 g/mol. The monoisotopic (exact) mass is 374 g/mol. The van der Waals surface area contributed by atoms with Crippen LogP contribution >= 0.6 is 0 Å². The van der Waals surface area contributed by atoms with Crippen LogP contribution in [0.3, 0.4) is 0 Å². The van der Waals surface area contributed by atoms with Crippen LogP contribution in [0.25, 0.3) is 0 Å². The van der Waals surface area contributed by atoms with E-state index in [1.807, 2.05) is 0 Å². The molecule has 0 radical (unpaired) electrons. The molecule has 0 heterocycles. The van der Waals surface area contributed by atoms with Gasteiger partial charge in [-0.2, -0.15) is 0 Å². The smallest absolute Gasteiger partial charge is 0.545 e. The number of carbonyl (C=O) groups excluding carboxylic acids is 4. The summed E-state index contributed by atoms with van der Waals surface area (Å²) in [7, 11) is 0. The third-order valence-electron chi connectivity index (χ3n) is 0.667. The predicted molar refractivity (Wildman–Crippen MR) is 60.8 cm³/mol. The van der Waals surface area contributed by atoms with E-state index >= 15 is 0 Å². The van der Waals surface area contributed by atoms with Gasteiger partial charge in [-0.3, -0.25) is 0 Å². The van der Waals surface area contributed by atoms with Crippen molar-refractivity contribution >= 4 is 23.9 Å². The first-order valence-electron chi connectivity index (χ1n) is 4.42. The van der Waals surface area contributed by atoms with Gasteiger partial charge < -0.3 is 39.6 Å². The van der Waals surface area contributed by atoms with E-state index in [4.69, 9.17) is 39.6 Å². The molecule has 9 heteroatoms. The minimum atomic E-state index is -1.23. The summed E-state index contributed by atoms with van der Waals surface area (Å²) >= 11 is 0. The first kappa shape index (κ1) is 31.2. The molecule has 0 aromatic heterocycles. The van der Waals surface area contributed by atoms with Crippen LogP contribution in [-0.4, -0.2) is 23.9 Å². The van der Waals surface area contributed by atoms with Gasteiger partial charge >= 0.3 is 26.2 Å². The van der Waals surface area contributed by atoms with E-state index in [0.717, 1.165) is 24.3 Å². The molecule has 0 aliphatic rings. The second-order valence-electron chi connectivity index (χ2n) is 2.09. The molecule has 8 nitrogen and oxygen atoms in total. The summed E-state index contributed by atoms with van der Waals surface area (Å²) in [5.74, 6) is -4.93. The maximum absolute atomic E-state index is 9.14. The number of carboxylic acids is 4. The third-order valence-corrected chi connectivity index (χ3v) is 0.667. The molecule has 112 valence electrons. The van der Waals surface area contributed by atoms with Crippen LogP contribution < -0.4 is 20.4 Å². The Morgan fingerprint density at radius 2 is 0.571 bits per heavy atom. The van der Waals surface area contributed by atoms with Gasteiger partial charge in [-0.1, -0.05) is 26.3 Å². The SMILES string of the molecule is C=CC(=O)[O-].C=CC(=O)[O-].C=CC(=O)[O-].C=CC(=O)[O-].[Zr+4]. The van der Waals surface area contributed by atoms with Crippen LogP contribution in [0, 0.1) is 0 Å². The zero-order valence-electron chi connectivity index (χ0n) is 10.9. The minimum absolute atomic E-state index is 0. The van der Waals surface area contributed by atoms with Gasteiger partial charge in [-0.25, -0.2) is 0 Å². The maximum atomic E-state index is 9.14. The Morgan fingerprint density at radius 3 is 0.571 bits per heavy atom. The summed E-state index contributed by atoms with van der Waals surface area (Å²) < 4.78 is 0. The molecule has 0 spiro atoms. The van der Waals surface area contributed by atoms with E-state index in [-0.39, 0.29) is 26.2 Å². The molecule has 0 aromatic carbocycles. The van der Waals surface area contributed by atoms with Crippen LogP contribution in [0.5, 0.6) is 0 Å². The van der Waals surface area contributed by atoms with Crippen molar-refractivity contribution in [2.45, 2.75) is 0 Å². The van der Waals surface area contributed by atoms with Crippen LogP contribution in [0.2, 0.25) is 0 Å². The molecular formula is C12H12O8Zr. The van der Waals surface area contributed by atoms with Crippen molar-refractivity contribution in [2.24, 2.45) is 0 Å². The van der Waals surface area contributed by atoms with E-state index in [2.05, 4.69) is 26.3 Å². The van der Waals surface area contributed by atoms with Gasteiger partial charge in [0.05, 0.1) is 23.9 Å². The quantitative estimate of drug-likeness (QED) is 0.446. The molecule has 0 N–H and O–H groups in total. The molecule has 0 aliphatic carbocycles. The van der Waals surface area contributed by atoms with E-state index in [1.54, 1.807) is 0 Å². The molecule has 0 fully saturated rings. The molecular weight excluding hydrogens is 363 g/mol. The first-order valence-corrected chi connectivity index (χ1v) is 4.42. The molecule has 0 saturated carbocycles. The van der Waals surface area contributed by atoms with Crippen LogP contribution in [0.4, 0.5) is 0 Å². The van der Waals surface area contributed by atoms with Crippen molar-refractivity contribution < 1.29 is 65.8 Å². The number of carbonyl (C=O) groups is 4. The van der Waals surface area contributed by atoms with Crippen molar-refractivity contribution in [3.05, 3.63) is 50.6 Å². The van der Waals surface area contributed by atoms with Gasteiger partial charge in [0.25, 0.3) is 0 Å². The number of aliphatic carboxylic acids is 4. The Balaban J connectivity index is -0.0000000533. The van der Waals surface area contributed by atoms with E-state index in [1.165, 1.54) is 0 Å². The fraction of sp³-hybridized carbons (Fsp3) is 0. The number of hydrogen-bond donors (Lipinski definition) is 0. The molecule has 0 bridgehead atoms. The van der Waals surface area contributed by atoms with Gasteiger partial charge in [-0.15, -0.1) is 0 Å². The standard InChI is InChI=1S/4C3H4O2.Zr/c4*1-2-3(4)5;/h4*2H,1H2,(H,4,5);/q;;;;+4/p-4. The molecule has 0 saturated heterocycles. The van der Waals surface area contributed by atoms with E-state index < -0.39 is 23.9 Å². The van der Waals surface area contributed by atoms with Crippen molar-refractivity contribution in [3.8, 4) is 0 Å². The normalized spacial score (nSPS) is 6.10. The Labute approximate surface area is 140 Å². The summed E-state index contributed by atoms with van der Waals surface area (Å²) in [5.41, 5.74) is 0. The average Bonchev–Trinajstić information content (AvgIpc) is 2.40. The Kier molecular flexibility index (Phi) is 39.1. The van der Waals surface area contributed by atoms with Gasteiger partial charge in [0.2, 0.25) is 0 Å². The Hall–Kier alpha value is -2.28.